The van der Waals surface area contributed by atoms with E-state index in [0.29, 0.717) is 5.56 Å². The van der Waals surface area contributed by atoms with E-state index in [0.717, 1.165) is 11.3 Å². The van der Waals surface area contributed by atoms with E-state index in [2.05, 4.69) is 15.4 Å². The van der Waals surface area contributed by atoms with Crippen LogP contribution in [0.5, 0.6) is 0 Å². The fourth-order valence-electron chi connectivity index (χ4n) is 2.22. The molecule has 1 aromatic heterocycles. The average molecular weight is 310 g/mol. The number of hydrogen-bond acceptors (Lipinski definition) is 3. The highest BCUT2D eigenvalue weighted by atomic mass is 19.1. The minimum absolute atomic E-state index is 0.188. The minimum Gasteiger partial charge on any atom is -0.346 e. The molecule has 3 aromatic rings. The summed E-state index contributed by atoms with van der Waals surface area (Å²) >= 11 is 0. The number of nitrogens with zero attached hydrogens (tertiary/aromatic N) is 3. The number of carbonyl (C=O) groups is 1. The predicted molar refractivity (Wildman–Crippen MR) is 83.6 cm³/mol. The Morgan fingerprint density at radius 1 is 1.13 bits per heavy atom. The normalized spacial score (nSPS) is 11.9. The Bertz CT molecular complexity index is 782. The molecule has 1 atom stereocenters. The van der Waals surface area contributed by atoms with Gasteiger partial charge in [-0.15, -0.1) is 0 Å². The molecular weight excluding hydrogens is 295 g/mol. The Kier molecular flexibility index (Phi) is 4.14. The summed E-state index contributed by atoms with van der Waals surface area (Å²) in [6.45, 7) is 1.86. The monoisotopic (exact) mass is 310 g/mol. The quantitative estimate of drug-likeness (QED) is 0.806. The van der Waals surface area contributed by atoms with Gasteiger partial charge in [0, 0.05) is 5.56 Å². The lowest BCUT2D eigenvalue weighted by atomic mass is 10.1. The van der Waals surface area contributed by atoms with Crippen LogP contribution in [-0.4, -0.2) is 20.7 Å². The van der Waals surface area contributed by atoms with E-state index in [-0.39, 0.29) is 17.8 Å². The fourth-order valence-corrected chi connectivity index (χ4v) is 2.22. The van der Waals surface area contributed by atoms with Gasteiger partial charge in [-0.25, -0.2) is 14.1 Å². The number of aromatic nitrogens is 3. The third-order valence-corrected chi connectivity index (χ3v) is 3.53. The van der Waals surface area contributed by atoms with Crippen LogP contribution in [0.2, 0.25) is 0 Å². The highest BCUT2D eigenvalue weighted by Gasteiger charge is 2.11. The second-order valence-electron chi connectivity index (χ2n) is 5.13. The summed E-state index contributed by atoms with van der Waals surface area (Å²) in [6.07, 6.45) is 3.04. The summed E-state index contributed by atoms with van der Waals surface area (Å²) in [5.41, 5.74) is 2.22. The summed E-state index contributed by atoms with van der Waals surface area (Å²) in [6, 6.07) is 12.9. The molecule has 1 unspecified atom stereocenters. The van der Waals surface area contributed by atoms with E-state index < -0.39 is 0 Å². The molecule has 3 rings (SSSR count). The van der Waals surface area contributed by atoms with Crippen molar-refractivity contribution in [2.75, 3.05) is 0 Å². The standard InChI is InChI=1S/C17H15FN4O/c1-12(13-2-6-15(18)7-3-13)21-17(23)14-4-8-16(9-5-14)22-11-19-10-20-22/h2-12H,1H3,(H,21,23). The summed E-state index contributed by atoms with van der Waals surface area (Å²) in [4.78, 5) is 16.2. The summed E-state index contributed by atoms with van der Waals surface area (Å²) < 4.78 is 14.5. The number of halogens is 1. The van der Waals surface area contributed by atoms with Crippen LogP contribution in [0.1, 0.15) is 28.9 Å². The molecule has 0 spiro atoms. The van der Waals surface area contributed by atoms with Crippen molar-refractivity contribution in [1.82, 2.24) is 20.1 Å². The lowest BCUT2D eigenvalue weighted by Gasteiger charge is -2.14. The summed E-state index contributed by atoms with van der Waals surface area (Å²) in [5.74, 6) is -0.483. The molecule has 0 aliphatic heterocycles. The Morgan fingerprint density at radius 2 is 1.83 bits per heavy atom. The maximum absolute atomic E-state index is 12.9. The van der Waals surface area contributed by atoms with Gasteiger partial charge in [-0.2, -0.15) is 5.10 Å². The molecule has 1 N–H and O–H groups in total. The van der Waals surface area contributed by atoms with Crippen LogP contribution in [0.3, 0.4) is 0 Å². The number of amides is 1. The zero-order valence-electron chi connectivity index (χ0n) is 12.5. The van der Waals surface area contributed by atoms with Gasteiger partial charge in [-0.3, -0.25) is 4.79 Å². The van der Waals surface area contributed by atoms with Crippen LogP contribution in [0.4, 0.5) is 4.39 Å². The molecule has 23 heavy (non-hydrogen) atoms. The largest absolute Gasteiger partial charge is 0.346 e. The molecule has 5 nitrogen and oxygen atoms in total. The smallest absolute Gasteiger partial charge is 0.251 e. The topological polar surface area (TPSA) is 59.8 Å². The summed E-state index contributed by atoms with van der Waals surface area (Å²) in [7, 11) is 0. The van der Waals surface area contributed by atoms with Crippen molar-refractivity contribution in [1.29, 1.82) is 0 Å². The minimum atomic E-state index is -0.295. The van der Waals surface area contributed by atoms with Gasteiger partial charge >= 0.3 is 0 Å². The average Bonchev–Trinajstić information content (AvgIpc) is 3.10. The van der Waals surface area contributed by atoms with E-state index in [4.69, 9.17) is 0 Å². The zero-order valence-corrected chi connectivity index (χ0v) is 12.5. The molecule has 0 saturated heterocycles. The van der Waals surface area contributed by atoms with Gasteiger partial charge in [0.2, 0.25) is 0 Å². The molecule has 0 bridgehead atoms. The van der Waals surface area contributed by atoms with Crippen molar-refractivity contribution in [3.63, 3.8) is 0 Å². The van der Waals surface area contributed by atoms with Gasteiger partial charge in [-0.05, 0) is 48.9 Å². The SMILES string of the molecule is CC(NC(=O)c1ccc(-n2cncn2)cc1)c1ccc(F)cc1. The van der Waals surface area contributed by atoms with Crippen LogP contribution in [0.15, 0.2) is 61.2 Å². The highest BCUT2D eigenvalue weighted by Crippen LogP contribution is 2.14. The van der Waals surface area contributed by atoms with E-state index >= 15 is 0 Å². The third-order valence-electron chi connectivity index (χ3n) is 3.53. The molecule has 1 amide bonds. The van der Waals surface area contributed by atoms with Crippen LogP contribution in [0.25, 0.3) is 5.69 Å². The Balaban J connectivity index is 1.69. The van der Waals surface area contributed by atoms with Crippen molar-refractivity contribution in [2.45, 2.75) is 13.0 Å². The van der Waals surface area contributed by atoms with Gasteiger partial charge in [0.15, 0.2) is 0 Å². The van der Waals surface area contributed by atoms with Crippen molar-refractivity contribution in [3.05, 3.63) is 78.1 Å². The molecule has 6 heteroatoms. The van der Waals surface area contributed by atoms with Crippen molar-refractivity contribution >= 4 is 5.91 Å². The predicted octanol–water partition coefficient (Wildman–Crippen LogP) is 2.90. The molecular formula is C17H15FN4O. The second kappa shape index (κ2) is 6.39. The van der Waals surface area contributed by atoms with E-state index in [1.807, 2.05) is 6.92 Å². The Hall–Kier alpha value is -3.02. The lowest BCUT2D eigenvalue weighted by Crippen LogP contribution is -2.26. The van der Waals surface area contributed by atoms with Crippen LogP contribution in [0, 0.1) is 5.82 Å². The zero-order chi connectivity index (χ0) is 16.2. The lowest BCUT2D eigenvalue weighted by molar-refractivity contribution is 0.0940. The molecule has 0 saturated carbocycles. The first-order chi connectivity index (χ1) is 11.1. The van der Waals surface area contributed by atoms with Crippen LogP contribution in [-0.2, 0) is 0 Å². The molecule has 0 radical (unpaired) electrons. The first kappa shape index (κ1) is 14.9. The maximum atomic E-state index is 12.9. The van der Waals surface area contributed by atoms with E-state index in [1.165, 1.54) is 18.5 Å². The molecule has 0 fully saturated rings. The number of hydrogen-bond donors (Lipinski definition) is 1. The number of carbonyl (C=O) groups excluding carboxylic acids is 1. The highest BCUT2D eigenvalue weighted by molar-refractivity contribution is 5.94. The van der Waals surface area contributed by atoms with Crippen molar-refractivity contribution in [3.8, 4) is 5.69 Å². The second-order valence-corrected chi connectivity index (χ2v) is 5.13. The molecule has 116 valence electrons. The van der Waals surface area contributed by atoms with Gasteiger partial charge in [0.1, 0.15) is 18.5 Å². The van der Waals surface area contributed by atoms with Gasteiger partial charge in [0.25, 0.3) is 5.91 Å². The molecule has 2 aromatic carbocycles. The maximum Gasteiger partial charge on any atom is 0.251 e. The Labute approximate surface area is 132 Å². The number of benzene rings is 2. The van der Waals surface area contributed by atoms with Crippen molar-refractivity contribution < 1.29 is 9.18 Å². The fraction of sp³-hybridized carbons (Fsp3) is 0.118. The Morgan fingerprint density at radius 3 is 2.43 bits per heavy atom. The number of rotatable bonds is 4. The van der Waals surface area contributed by atoms with Gasteiger partial charge < -0.3 is 5.32 Å². The van der Waals surface area contributed by atoms with E-state index in [9.17, 15) is 9.18 Å². The van der Waals surface area contributed by atoms with Gasteiger partial charge in [0.05, 0.1) is 11.7 Å². The molecule has 1 heterocycles. The first-order valence-corrected chi connectivity index (χ1v) is 7.15. The first-order valence-electron chi connectivity index (χ1n) is 7.15. The summed E-state index contributed by atoms with van der Waals surface area (Å²) in [5, 5.41) is 6.92. The van der Waals surface area contributed by atoms with Crippen LogP contribution >= 0.6 is 0 Å². The number of nitrogens with one attached hydrogen (secondary N) is 1. The molecule has 0 aliphatic carbocycles. The van der Waals surface area contributed by atoms with E-state index in [1.54, 1.807) is 47.4 Å². The van der Waals surface area contributed by atoms with Crippen LogP contribution < -0.4 is 5.32 Å². The third kappa shape index (κ3) is 3.42. The van der Waals surface area contributed by atoms with Crippen molar-refractivity contribution in [2.24, 2.45) is 0 Å². The van der Waals surface area contributed by atoms with Gasteiger partial charge in [-0.1, -0.05) is 12.1 Å². The molecule has 0 aliphatic rings.